The Balaban J connectivity index is 1.56. The highest BCUT2D eigenvalue weighted by atomic mass is 19.1. The Morgan fingerprint density at radius 2 is 1.81 bits per heavy atom. The molecule has 4 atom stereocenters. The monoisotopic (exact) mass is 437 g/mol. The standard InChI is InChI=1S/C23H20FN3O5/c24-13-7-5-12(6-8-13)11-27-20(30)18-16(9-10-17(28)29)26-23(19(18)21(27)31)14-3-1-2-4-15(14)25-22(23)32/h1-8,16,18-19,26H,9-11H2,(H,25,32)(H,28,29)/t16-,18+,19-,23+/m0/s1. The van der Waals surface area contributed by atoms with E-state index in [4.69, 9.17) is 0 Å². The topological polar surface area (TPSA) is 123 Å². The van der Waals surface area contributed by atoms with Crippen LogP contribution in [0.2, 0.25) is 0 Å². The largest absolute Gasteiger partial charge is 0.550 e. The second-order valence-electron chi connectivity index (χ2n) is 8.50. The van der Waals surface area contributed by atoms with Crippen molar-refractivity contribution in [1.82, 2.24) is 4.90 Å². The van der Waals surface area contributed by atoms with Crippen molar-refractivity contribution < 1.29 is 34.0 Å². The van der Waals surface area contributed by atoms with Crippen molar-refractivity contribution in [3.63, 3.8) is 0 Å². The Bertz CT molecular complexity index is 1150. The minimum atomic E-state index is -1.35. The fourth-order valence-electron chi connectivity index (χ4n) is 5.46. The molecule has 32 heavy (non-hydrogen) atoms. The lowest BCUT2D eigenvalue weighted by molar-refractivity contribution is -0.734. The highest BCUT2D eigenvalue weighted by Crippen LogP contribution is 2.49. The van der Waals surface area contributed by atoms with Gasteiger partial charge >= 0.3 is 0 Å². The number of hydrogen-bond donors (Lipinski definition) is 2. The van der Waals surface area contributed by atoms with Gasteiger partial charge < -0.3 is 20.5 Å². The first-order valence-corrected chi connectivity index (χ1v) is 10.4. The molecule has 0 unspecified atom stereocenters. The second kappa shape index (κ2) is 7.23. The molecular weight excluding hydrogens is 417 g/mol. The number of hydrogen-bond acceptors (Lipinski definition) is 5. The molecule has 3 aliphatic rings. The van der Waals surface area contributed by atoms with Crippen molar-refractivity contribution in [2.45, 2.75) is 31.0 Å². The normalized spacial score (nSPS) is 28.2. The van der Waals surface area contributed by atoms with Gasteiger partial charge in [-0.15, -0.1) is 0 Å². The van der Waals surface area contributed by atoms with Gasteiger partial charge in [0.05, 0.1) is 12.2 Å². The number of nitrogens with zero attached hydrogens (tertiary/aromatic N) is 1. The smallest absolute Gasteiger partial charge is 0.291 e. The van der Waals surface area contributed by atoms with E-state index in [9.17, 15) is 28.7 Å². The van der Waals surface area contributed by atoms with Gasteiger partial charge in [0, 0.05) is 18.0 Å². The minimum absolute atomic E-state index is 0.0441. The van der Waals surface area contributed by atoms with Crippen LogP contribution in [0.4, 0.5) is 10.1 Å². The molecular formula is C23H20FN3O5. The summed E-state index contributed by atoms with van der Waals surface area (Å²) in [4.78, 5) is 52.4. The molecule has 2 aromatic rings. The fraction of sp³-hybridized carbons (Fsp3) is 0.304. The maximum Gasteiger partial charge on any atom is 0.291 e. The number of anilines is 1. The lowest BCUT2D eigenvalue weighted by Gasteiger charge is -2.26. The van der Waals surface area contributed by atoms with Crippen molar-refractivity contribution in [2.24, 2.45) is 11.8 Å². The summed E-state index contributed by atoms with van der Waals surface area (Å²) in [5, 5.41) is 15.6. The predicted molar refractivity (Wildman–Crippen MR) is 106 cm³/mol. The van der Waals surface area contributed by atoms with E-state index in [1.165, 1.54) is 24.3 Å². The molecule has 5 rings (SSSR count). The quantitative estimate of drug-likeness (QED) is 0.596. The average Bonchev–Trinajstić information content (AvgIpc) is 3.34. The lowest BCUT2D eigenvalue weighted by Crippen LogP contribution is -2.99. The highest BCUT2D eigenvalue weighted by Gasteiger charge is 2.73. The molecule has 0 radical (unpaired) electrons. The number of halogens is 1. The third-order valence-electron chi connectivity index (χ3n) is 6.80. The number of nitrogens with one attached hydrogen (secondary N) is 1. The van der Waals surface area contributed by atoms with Crippen LogP contribution in [0.1, 0.15) is 24.0 Å². The number of likely N-dealkylation sites (tertiary alicyclic amines) is 1. The summed E-state index contributed by atoms with van der Waals surface area (Å²) in [6.45, 7) is -0.0441. The number of fused-ring (bicyclic) bond motifs is 4. The van der Waals surface area contributed by atoms with Crippen LogP contribution >= 0.6 is 0 Å². The number of imide groups is 1. The molecule has 2 fully saturated rings. The molecule has 3 N–H and O–H groups in total. The van der Waals surface area contributed by atoms with E-state index in [0.29, 0.717) is 16.8 Å². The fourth-order valence-corrected chi connectivity index (χ4v) is 5.46. The minimum Gasteiger partial charge on any atom is -0.550 e. The van der Waals surface area contributed by atoms with Gasteiger partial charge in [-0.25, -0.2) is 4.39 Å². The van der Waals surface area contributed by atoms with Crippen LogP contribution in [0.3, 0.4) is 0 Å². The molecule has 9 heteroatoms. The first-order valence-electron chi connectivity index (χ1n) is 10.4. The van der Waals surface area contributed by atoms with E-state index in [-0.39, 0.29) is 19.4 Å². The van der Waals surface area contributed by atoms with Crippen LogP contribution in [0.5, 0.6) is 0 Å². The van der Waals surface area contributed by atoms with Crippen molar-refractivity contribution in [3.05, 3.63) is 65.5 Å². The van der Waals surface area contributed by atoms with Gasteiger partial charge in [-0.3, -0.25) is 19.3 Å². The summed E-state index contributed by atoms with van der Waals surface area (Å²) in [5.41, 5.74) is 0.419. The molecule has 0 aliphatic carbocycles. The number of aliphatic carboxylic acids is 1. The van der Waals surface area contributed by atoms with Crippen LogP contribution in [0.15, 0.2) is 48.5 Å². The molecule has 0 saturated carbocycles. The van der Waals surface area contributed by atoms with Gasteiger partial charge in [0.25, 0.3) is 5.91 Å². The van der Waals surface area contributed by atoms with E-state index in [1.807, 2.05) is 0 Å². The number of carbonyl (C=O) groups is 4. The number of benzene rings is 2. The Morgan fingerprint density at radius 1 is 1.09 bits per heavy atom. The summed E-state index contributed by atoms with van der Waals surface area (Å²) < 4.78 is 13.3. The zero-order valence-corrected chi connectivity index (χ0v) is 16.9. The van der Waals surface area contributed by atoms with Crippen LogP contribution in [-0.4, -0.2) is 34.6 Å². The molecule has 0 aromatic heterocycles. The van der Waals surface area contributed by atoms with Crippen molar-refractivity contribution >= 4 is 29.4 Å². The molecule has 0 bridgehead atoms. The number of nitrogens with two attached hydrogens (primary N) is 1. The number of amides is 3. The van der Waals surface area contributed by atoms with E-state index in [0.717, 1.165) is 4.90 Å². The van der Waals surface area contributed by atoms with Crippen LogP contribution in [0, 0.1) is 17.7 Å². The third kappa shape index (κ3) is 2.85. The predicted octanol–water partition coefficient (Wildman–Crippen LogP) is -0.750. The maximum atomic E-state index is 13.6. The first-order chi connectivity index (χ1) is 15.3. The van der Waals surface area contributed by atoms with Crippen molar-refractivity contribution in [2.75, 3.05) is 5.32 Å². The number of carboxylic acids is 1. The summed E-state index contributed by atoms with van der Waals surface area (Å²) in [7, 11) is 0. The summed E-state index contributed by atoms with van der Waals surface area (Å²) in [6, 6.07) is 11.9. The Labute approximate surface area is 182 Å². The maximum absolute atomic E-state index is 13.6. The SMILES string of the molecule is O=C([O-])CC[C@@H]1[NH2+][C@@]2(C(=O)Nc3ccccc32)[C@@H]2C(=O)N(Cc3ccc(F)cc3)C(=O)[C@H]12. The van der Waals surface area contributed by atoms with Gasteiger partial charge in [0.15, 0.2) is 0 Å². The van der Waals surface area contributed by atoms with E-state index in [2.05, 4.69) is 5.32 Å². The summed E-state index contributed by atoms with van der Waals surface area (Å²) in [6.07, 6.45) is -0.201. The van der Waals surface area contributed by atoms with E-state index in [1.54, 1.807) is 29.6 Å². The lowest BCUT2D eigenvalue weighted by atomic mass is 9.76. The molecule has 3 aliphatic heterocycles. The second-order valence-corrected chi connectivity index (χ2v) is 8.50. The number of rotatable bonds is 5. The van der Waals surface area contributed by atoms with Gasteiger partial charge in [-0.1, -0.05) is 30.3 Å². The van der Waals surface area contributed by atoms with Gasteiger partial charge in [0.1, 0.15) is 23.7 Å². The average molecular weight is 437 g/mol. The number of carbonyl (C=O) groups excluding carboxylic acids is 4. The number of carboxylic acid groups (broad SMARTS) is 1. The zero-order chi connectivity index (χ0) is 22.6. The Hall–Kier alpha value is -3.59. The Morgan fingerprint density at radius 3 is 2.53 bits per heavy atom. The molecule has 3 amide bonds. The van der Waals surface area contributed by atoms with E-state index >= 15 is 0 Å². The van der Waals surface area contributed by atoms with Crippen molar-refractivity contribution in [3.8, 4) is 0 Å². The van der Waals surface area contributed by atoms with Crippen LogP contribution in [0.25, 0.3) is 0 Å². The van der Waals surface area contributed by atoms with Crippen molar-refractivity contribution in [1.29, 1.82) is 0 Å². The highest BCUT2D eigenvalue weighted by molar-refractivity contribution is 6.13. The summed E-state index contributed by atoms with van der Waals surface area (Å²) in [5.74, 6) is -4.83. The van der Waals surface area contributed by atoms with Crippen LogP contribution < -0.4 is 15.7 Å². The zero-order valence-electron chi connectivity index (χ0n) is 16.9. The third-order valence-corrected chi connectivity index (χ3v) is 6.80. The van der Waals surface area contributed by atoms with Gasteiger partial charge in [0.2, 0.25) is 17.4 Å². The molecule has 1 spiro atoms. The molecule has 8 nitrogen and oxygen atoms in total. The summed E-state index contributed by atoms with van der Waals surface area (Å²) >= 11 is 0. The molecule has 2 aromatic carbocycles. The number of quaternary nitrogens is 1. The van der Waals surface area contributed by atoms with Gasteiger partial charge in [-0.2, -0.15) is 0 Å². The van der Waals surface area contributed by atoms with Gasteiger partial charge in [-0.05, 0) is 30.2 Å². The van der Waals surface area contributed by atoms with Crippen LogP contribution in [-0.2, 0) is 31.3 Å². The first kappa shape index (κ1) is 20.3. The Kier molecular flexibility index (Phi) is 4.59. The molecule has 164 valence electrons. The molecule has 2 saturated heterocycles. The number of para-hydroxylation sites is 1. The molecule has 3 heterocycles. The van der Waals surface area contributed by atoms with E-state index < -0.39 is 52.9 Å².